The molecule has 0 radical (unpaired) electrons. The van der Waals surface area contributed by atoms with Gasteiger partial charge in [-0.05, 0) is 43.0 Å². The van der Waals surface area contributed by atoms with E-state index < -0.39 is 0 Å². The zero-order valence-corrected chi connectivity index (χ0v) is 12.6. The normalized spacial score (nSPS) is 19.3. The summed E-state index contributed by atoms with van der Waals surface area (Å²) in [5.74, 6) is 0.908. The highest BCUT2D eigenvalue weighted by Crippen LogP contribution is 2.32. The van der Waals surface area contributed by atoms with Crippen molar-refractivity contribution >= 4 is 15.9 Å². The molecular formula is C15H22BrNO. The number of ether oxygens (including phenoxy) is 1. The molecule has 2 N–H and O–H groups in total. The molecule has 0 amide bonds. The van der Waals surface area contributed by atoms with Gasteiger partial charge in [-0.1, -0.05) is 41.6 Å². The quantitative estimate of drug-likeness (QED) is 0.855. The molecule has 2 rings (SSSR count). The van der Waals surface area contributed by atoms with Gasteiger partial charge < -0.3 is 10.5 Å². The maximum absolute atomic E-state index is 6.59. The third kappa shape index (κ3) is 3.48. The summed E-state index contributed by atoms with van der Waals surface area (Å²) in [7, 11) is 1.71. The maximum Gasteiger partial charge on any atom is 0.119 e. The first-order valence-electron chi connectivity index (χ1n) is 6.74. The SMILES string of the molecule is COc1ccc(Br)c(CC2(N)CCCCCC2)c1. The van der Waals surface area contributed by atoms with Crippen molar-refractivity contribution in [2.24, 2.45) is 5.73 Å². The first-order valence-corrected chi connectivity index (χ1v) is 7.54. The second-order valence-corrected chi connectivity index (χ2v) is 6.27. The Morgan fingerprint density at radius 2 is 1.89 bits per heavy atom. The molecule has 0 aliphatic heterocycles. The van der Waals surface area contributed by atoms with E-state index >= 15 is 0 Å². The lowest BCUT2D eigenvalue weighted by atomic mass is 9.85. The second-order valence-electron chi connectivity index (χ2n) is 5.41. The molecule has 1 saturated carbocycles. The van der Waals surface area contributed by atoms with E-state index in [1.54, 1.807) is 7.11 Å². The first kappa shape index (κ1) is 13.9. The Balaban J connectivity index is 2.16. The average Bonchev–Trinajstić information content (AvgIpc) is 2.57. The van der Waals surface area contributed by atoms with Gasteiger partial charge >= 0.3 is 0 Å². The standard InChI is InChI=1S/C15H22BrNO/c1-18-13-6-7-14(16)12(10-13)11-15(17)8-4-2-3-5-9-15/h6-7,10H,2-5,8-9,11,17H2,1H3. The van der Waals surface area contributed by atoms with Crippen LogP contribution in [0.15, 0.2) is 22.7 Å². The van der Waals surface area contributed by atoms with Gasteiger partial charge in [0.1, 0.15) is 5.75 Å². The van der Waals surface area contributed by atoms with Crippen LogP contribution in [0.25, 0.3) is 0 Å². The van der Waals surface area contributed by atoms with Crippen molar-refractivity contribution in [1.82, 2.24) is 0 Å². The number of halogens is 1. The van der Waals surface area contributed by atoms with Crippen LogP contribution in [0.1, 0.15) is 44.1 Å². The second kappa shape index (κ2) is 6.07. The van der Waals surface area contributed by atoms with Gasteiger partial charge in [0.05, 0.1) is 7.11 Å². The topological polar surface area (TPSA) is 35.2 Å². The van der Waals surface area contributed by atoms with Gasteiger partial charge in [-0.2, -0.15) is 0 Å². The van der Waals surface area contributed by atoms with Crippen molar-refractivity contribution in [2.75, 3.05) is 7.11 Å². The molecule has 1 aromatic carbocycles. The van der Waals surface area contributed by atoms with Crippen LogP contribution in [0, 0.1) is 0 Å². The molecule has 3 heteroatoms. The average molecular weight is 312 g/mol. The van der Waals surface area contributed by atoms with Crippen molar-refractivity contribution in [2.45, 2.75) is 50.5 Å². The maximum atomic E-state index is 6.59. The van der Waals surface area contributed by atoms with Crippen LogP contribution in [-0.2, 0) is 6.42 Å². The summed E-state index contributed by atoms with van der Waals surface area (Å²) < 4.78 is 6.43. The molecule has 1 aliphatic rings. The minimum Gasteiger partial charge on any atom is -0.497 e. The van der Waals surface area contributed by atoms with Gasteiger partial charge in [0.25, 0.3) is 0 Å². The Bertz CT molecular complexity index is 397. The molecule has 0 atom stereocenters. The smallest absolute Gasteiger partial charge is 0.119 e. The third-order valence-corrected chi connectivity index (χ3v) is 4.67. The molecule has 18 heavy (non-hydrogen) atoms. The summed E-state index contributed by atoms with van der Waals surface area (Å²) >= 11 is 3.62. The molecule has 0 spiro atoms. The number of nitrogens with two attached hydrogens (primary N) is 1. The zero-order chi connectivity index (χ0) is 13.0. The van der Waals surface area contributed by atoms with Crippen LogP contribution in [0.5, 0.6) is 5.75 Å². The Hall–Kier alpha value is -0.540. The zero-order valence-electron chi connectivity index (χ0n) is 11.0. The van der Waals surface area contributed by atoms with E-state index in [1.165, 1.54) is 31.2 Å². The van der Waals surface area contributed by atoms with Crippen molar-refractivity contribution in [1.29, 1.82) is 0 Å². The number of hydrogen-bond acceptors (Lipinski definition) is 2. The lowest BCUT2D eigenvalue weighted by Crippen LogP contribution is -2.41. The minimum absolute atomic E-state index is 0.0363. The molecule has 0 heterocycles. The summed E-state index contributed by atoms with van der Waals surface area (Å²) in [5.41, 5.74) is 7.82. The van der Waals surface area contributed by atoms with Crippen LogP contribution in [0.4, 0.5) is 0 Å². The summed E-state index contributed by atoms with van der Waals surface area (Å²) in [5, 5.41) is 0. The highest BCUT2D eigenvalue weighted by atomic mass is 79.9. The van der Waals surface area contributed by atoms with Crippen molar-refractivity contribution < 1.29 is 4.74 Å². The van der Waals surface area contributed by atoms with Gasteiger partial charge in [0.2, 0.25) is 0 Å². The van der Waals surface area contributed by atoms with Crippen LogP contribution in [0.2, 0.25) is 0 Å². The molecule has 0 aromatic heterocycles. The molecule has 0 saturated heterocycles. The van der Waals surface area contributed by atoms with Crippen LogP contribution in [-0.4, -0.2) is 12.6 Å². The molecule has 1 aliphatic carbocycles. The van der Waals surface area contributed by atoms with Crippen LogP contribution < -0.4 is 10.5 Å². The van der Waals surface area contributed by atoms with Crippen molar-refractivity contribution in [3.8, 4) is 5.75 Å². The van der Waals surface area contributed by atoms with E-state index in [-0.39, 0.29) is 5.54 Å². The highest BCUT2D eigenvalue weighted by Gasteiger charge is 2.27. The fourth-order valence-electron chi connectivity index (χ4n) is 2.80. The van der Waals surface area contributed by atoms with Gasteiger partial charge in [-0.15, -0.1) is 0 Å². The van der Waals surface area contributed by atoms with Crippen LogP contribution in [0.3, 0.4) is 0 Å². The Labute approximate surface area is 118 Å². The third-order valence-electron chi connectivity index (χ3n) is 3.89. The monoisotopic (exact) mass is 311 g/mol. The number of benzene rings is 1. The minimum atomic E-state index is -0.0363. The van der Waals surface area contributed by atoms with Gasteiger partial charge in [0, 0.05) is 10.0 Å². The Kier molecular flexibility index (Phi) is 4.68. The predicted molar refractivity (Wildman–Crippen MR) is 79.0 cm³/mol. The fourth-order valence-corrected chi connectivity index (χ4v) is 3.19. The molecule has 100 valence electrons. The number of methoxy groups -OCH3 is 1. The van der Waals surface area contributed by atoms with E-state index in [2.05, 4.69) is 22.0 Å². The van der Waals surface area contributed by atoms with E-state index in [0.29, 0.717) is 0 Å². The van der Waals surface area contributed by atoms with Gasteiger partial charge in [0.15, 0.2) is 0 Å². The lowest BCUT2D eigenvalue weighted by Gasteiger charge is -2.28. The largest absolute Gasteiger partial charge is 0.497 e. The highest BCUT2D eigenvalue weighted by molar-refractivity contribution is 9.10. The van der Waals surface area contributed by atoms with Crippen LogP contribution >= 0.6 is 15.9 Å². The molecule has 2 nitrogen and oxygen atoms in total. The van der Waals surface area contributed by atoms with Gasteiger partial charge in [-0.3, -0.25) is 0 Å². The van der Waals surface area contributed by atoms with Gasteiger partial charge in [-0.25, -0.2) is 0 Å². The van der Waals surface area contributed by atoms with Crippen molar-refractivity contribution in [3.05, 3.63) is 28.2 Å². The molecule has 0 unspecified atom stereocenters. The summed E-state index contributed by atoms with van der Waals surface area (Å²) in [6, 6.07) is 6.13. The fraction of sp³-hybridized carbons (Fsp3) is 0.600. The molecule has 1 fully saturated rings. The van der Waals surface area contributed by atoms with E-state index in [9.17, 15) is 0 Å². The first-order chi connectivity index (χ1) is 8.63. The van der Waals surface area contributed by atoms with E-state index in [0.717, 1.165) is 29.5 Å². The summed E-state index contributed by atoms with van der Waals surface area (Å²) in [6.07, 6.45) is 8.39. The molecule has 0 bridgehead atoms. The number of hydrogen-bond donors (Lipinski definition) is 1. The molecule has 1 aromatic rings. The summed E-state index contributed by atoms with van der Waals surface area (Å²) in [6.45, 7) is 0. The summed E-state index contributed by atoms with van der Waals surface area (Å²) in [4.78, 5) is 0. The Morgan fingerprint density at radius 3 is 2.50 bits per heavy atom. The van der Waals surface area contributed by atoms with Crippen molar-refractivity contribution in [3.63, 3.8) is 0 Å². The predicted octanol–water partition coefficient (Wildman–Crippen LogP) is 4.05. The lowest BCUT2D eigenvalue weighted by molar-refractivity contribution is 0.367. The van der Waals surface area contributed by atoms with E-state index in [4.69, 9.17) is 10.5 Å². The Morgan fingerprint density at radius 1 is 1.22 bits per heavy atom. The number of rotatable bonds is 3. The molecular weight excluding hydrogens is 290 g/mol. The van der Waals surface area contributed by atoms with E-state index in [1.807, 2.05) is 12.1 Å².